The number of carbonyl (C=O) groups excluding carboxylic acids is 1. The Kier molecular flexibility index (Phi) is 4.66. The van der Waals surface area contributed by atoms with Crippen LogP contribution in [0.2, 0.25) is 0 Å². The van der Waals surface area contributed by atoms with Crippen molar-refractivity contribution in [3.05, 3.63) is 12.2 Å². The van der Waals surface area contributed by atoms with E-state index in [1.807, 2.05) is 11.8 Å². The van der Waals surface area contributed by atoms with Crippen LogP contribution in [0.1, 0.15) is 39.0 Å². The highest BCUT2D eigenvalue weighted by molar-refractivity contribution is 7.91. The molecule has 2 rings (SSSR count). The molecule has 1 aliphatic heterocycles. The first-order valence-electron chi connectivity index (χ1n) is 7.18. The average Bonchev–Trinajstić information content (AvgIpc) is 2.95. The lowest BCUT2D eigenvalue weighted by molar-refractivity contribution is -0.133. The third-order valence-corrected chi connectivity index (χ3v) is 5.73. The van der Waals surface area contributed by atoms with Crippen LogP contribution in [0.5, 0.6) is 0 Å². The molecular formula is C14H23NO3S. The Bertz CT molecular complexity index is 455. The minimum absolute atomic E-state index is 0.0946. The van der Waals surface area contributed by atoms with Crippen molar-refractivity contribution in [3.8, 4) is 0 Å². The molecule has 5 heteroatoms. The first-order chi connectivity index (χ1) is 9.02. The van der Waals surface area contributed by atoms with Crippen molar-refractivity contribution in [1.29, 1.82) is 0 Å². The van der Waals surface area contributed by atoms with Crippen LogP contribution in [0, 0.1) is 5.92 Å². The molecule has 0 bridgehead atoms. The van der Waals surface area contributed by atoms with E-state index >= 15 is 0 Å². The summed E-state index contributed by atoms with van der Waals surface area (Å²) in [7, 11) is -2.93. The molecule has 0 aromatic heterocycles. The Morgan fingerprint density at radius 1 is 1.37 bits per heavy atom. The lowest BCUT2D eigenvalue weighted by Gasteiger charge is -2.28. The van der Waals surface area contributed by atoms with Crippen LogP contribution in [0.4, 0.5) is 0 Å². The van der Waals surface area contributed by atoms with E-state index in [-0.39, 0.29) is 23.5 Å². The predicted molar refractivity (Wildman–Crippen MR) is 75.5 cm³/mol. The zero-order valence-electron chi connectivity index (χ0n) is 11.5. The van der Waals surface area contributed by atoms with Crippen molar-refractivity contribution in [2.45, 2.75) is 45.1 Å². The Morgan fingerprint density at radius 2 is 2.16 bits per heavy atom. The van der Waals surface area contributed by atoms with E-state index in [2.05, 4.69) is 12.2 Å². The molecule has 19 heavy (non-hydrogen) atoms. The largest absolute Gasteiger partial charge is 0.339 e. The normalized spacial score (nSPS) is 28.7. The zero-order chi connectivity index (χ0) is 13.9. The molecule has 2 atom stereocenters. The quantitative estimate of drug-likeness (QED) is 0.723. The van der Waals surface area contributed by atoms with Gasteiger partial charge in [-0.3, -0.25) is 4.79 Å². The van der Waals surface area contributed by atoms with E-state index < -0.39 is 9.84 Å². The van der Waals surface area contributed by atoms with Crippen LogP contribution in [0.15, 0.2) is 12.2 Å². The molecule has 1 amide bonds. The lowest BCUT2D eigenvalue weighted by atomic mass is 10.0. The van der Waals surface area contributed by atoms with Crippen LogP contribution < -0.4 is 0 Å². The molecule has 0 saturated carbocycles. The summed E-state index contributed by atoms with van der Waals surface area (Å²) in [6, 6.07) is -0.0946. The van der Waals surface area contributed by atoms with Gasteiger partial charge in [-0.05, 0) is 31.6 Å². The standard InChI is InChI=1S/C14H23NO3S/c1-2-8-15(13-7-9-19(17,18)11-13)14(16)10-12-5-3-4-6-12/h3,5,12-13H,2,4,6-11H2,1H3. The van der Waals surface area contributed by atoms with Gasteiger partial charge in [0.05, 0.1) is 11.5 Å². The molecule has 1 aliphatic carbocycles. The summed E-state index contributed by atoms with van der Waals surface area (Å²) in [4.78, 5) is 14.2. The lowest BCUT2D eigenvalue weighted by Crippen LogP contribution is -2.42. The summed E-state index contributed by atoms with van der Waals surface area (Å²) in [6.45, 7) is 2.70. The van der Waals surface area contributed by atoms with Gasteiger partial charge in [0.25, 0.3) is 0 Å². The van der Waals surface area contributed by atoms with Crippen LogP contribution >= 0.6 is 0 Å². The van der Waals surface area contributed by atoms with Gasteiger partial charge in [0.1, 0.15) is 0 Å². The second-order valence-corrected chi connectivity index (χ2v) is 7.84. The van der Waals surface area contributed by atoms with E-state index in [9.17, 15) is 13.2 Å². The summed E-state index contributed by atoms with van der Waals surface area (Å²) < 4.78 is 23.1. The van der Waals surface area contributed by atoms with Gasteiger partial charge in [0, 0.05) is 19.0 Å². The fourth-order valence-corrected chi connectivity index (χ4v) is 4.71. The van der Waals surface area contributed by atoms with Gasteiger partial charge in [0.15, 0.2) is 9.84 Å². The molecule has 0 aromatic carbocycles. The maximum atomic E-state index is 12.4. The number of carbonyl (C=O) groups is 1. The summed E-state index contributed by atoms with van der Waals surface area (Å²) in [5, 5.41) is 0. The molecule has 0 aromatic rings. The van der Waals surface area contributed by atoms with Crippen LogP contribution in [0.3, 0.4) is 0 Å². The molecule has 1 fully saturated rings. The molecule has 0 spiro atoms. The Hall–Kier alpha value is -0.840. The number of amides is 1. The van der Waals surface area contributed by atoms with E-state index in [0.717, 1.165) is 19.3 Å². The molecule has 1 saturated heterocycles. The van der Waals surface area contributed by atoms with Crippen LogP contribution in [-0.4, -0.2) is 43.3 Å². The third-order valence-electron chi connectivity index (χ3n) is 3.98. The average molecular weight is 285 g/mol. The highest BCUT2D eigenvalue weighted by Crippen LogP contribution is 2.24. The minimum atomic E-state index is -2.93. The second-order valence-electron chi connectivity index (χ2n) is 5.61. The summed E-state index contributed by atoms with van der Waals surface area (Å²) >= 11 is 0. The SMILES string of the molecule is CCCN(C(=O)CC1C=CCC1)C1CCS(=O)(=O)C1. The maximum Gasteiger partial charge on any atom is 0.223 e. The molecule has 1 heterocycles. The molecule has 0 radical (unpaired) electrons. The monoisotopic (exact) mass is 285 g/mol. The first-order valence-corrected chi connectivity index (χ1v) is 9.00. The fraction of sp³-hybridized carbons (Fsp3) is 0.786. The minimum Gasteiger partial charge on any atom is -0.339 e. The Morgan fingerprint density at radius 3 is 2.68 bits per heavy atom. The van der Waals surface area contributed by atoms with Gasteiger partial charge in [-0.1, -0.05) is 19.1 Å². The second kappa shape index (κ2) is 6.07. The van der Waals surface area contributed by atoms with Crippen LogP contribution in [-0.2, 0) is 14.6 Å². The molecule has 108 valence electrons. The van der Waals surface area contributed by atoms with E-state index in [1.54, 1.807) is 0 Å². The number of nitrogens with zero attached hydrogens (tertiary/aromatic N) is 1. The van der Waals surface area contributed by atoms with Crippen molar-refractivity contribution >= 4 is 15.7 Å². The van der Waals surface area contributed by atoms with Crippen molar-refractivity contribution in [2.75, 3.05) is 18.1 Å². The van der Waals surface area contributed by atoms with Gasteiger partial charge in [-0.15, -0.1) is 0 Å². The molecular weight excluding hydrogens is 262 g/mol. The summed E-state index contributed by atoms with van der Waals surface area (Å²) in [5.41, 5.74) is 0. The van der Waals surface area contributed by atoms with E-state index in [0.29, 0.717) is 25.3 Å². The number of hydrogen-bond donors (Lipinski definition) is 0. The maximum absolute atomic E-state index is 12.4. The third kappa shape index (κ3) is 3.81. The Balaban J connectivity index is 1.98. The molecule has 4 nitrogen and oxygen atoms in total. The zero-order valence-corrected chi connectivity index (χ0v) is 12.4. The Labute approximate surface area is 115 Å². The number of hydrogen-bond acceptors (Lipinski definition) is 3. The van der Waals surface area contributed by atoms with Gasteiger partial charge in [0.2, 0.25) is 5.91 Å². The van der Waals surface area contributed by atoms with E-state index in [1.165, 1.54) is 0 Å². The highest BCUT2D eigenvalue weighted by Gasteiger charge is 2.34. The van der Waals surface area contributed by atoms with Gasteiger partial charge >= 0.3 is 0 Å². The topological polar surface area (TPSA) is 54.5 Å². The van der Waals surface area contributed by atoms with Gasteiger partial charge < -0.3 is 4.90 Å². The van der Waals surface area contributed by atoms with Gasteiger partial charge in [-0.25, -0.2) is 8.42 Å². The molecule has 2 aliphatic rings. The van der Waals surface area contributed by atoms with Crippen molar-refractivity contribution in [2.24, 2.45) is 5.92 Å². The number of allylic oxidation sites excluding steroid dienone is 2. The summed E-state index contributed by atoms with van der Waals surface area (Å²) in [6.07, 6.45) is 8.37. The molecule has 0 N–H and O–H groups in total. The fourth-order valence-electron chi connectivity index (χ4n) is 2.98. The number of rotatable bonds is 5. The highest BCUT2D eigenvalue weighted by atomic mass is 32.2. The first kappa shape index (κ1) is 14.6. The molecule has 2 unspecified atom stereocenters. The summed E-state index contributed by atoms with van der Waals surface area (Å²) in [5.74, 6) is 0.860. The smallest absolute Gasteiger partial charge is 0.223 e. The van der Waals surface area contributed by atoms with Gasteiger partial charge in [-0.2, -0.15) is 0 Å². The van der Waals surface area contributed by atoms with Crippen molar-refractivity contribution in [1.82, 2.24) is 4.90 Å². The van der Waals surface area contributed by atoms with Crippen LogP contribution in [0.25, 0.3) is 0 Å². The van der Waals surface area contributed by atoms with Crippen molar-refractivity contribution < 1.29 is 13.2 Å². The van der Waals surface area contributed by atoms with Crippen molar-refractivity contribution in [3.63, 3.8) is 0 Å². The van der Waals surface area contributed by atoms with E-state index in [4.69, 9.17) is 0 Å². The number of sulfone groups is 1. The predicted octanol–water partition coefficient (Wildman–Crippen LogP) is 1.77.